The molecule has 0 aliphatic carbocycles. The van der Waals surface area contributed by atoms with Gasteiger partial charge in [0.15, 0.2) is 5.17 Å². The Labute approximate surface area is 148 Å². The fourth-order valence-corrected chi connectivity index (χ4v) is 3.40. The first-order valence-electron chi connectivity index (χ1n) is 7.38. The summed E-state index contributed by atoms with van der Waals surface area (Å²) in [5, 5.41) is 1.26. The average molecular weight is 361 g/mol. The molecular weight excluding hydrogens is 347 g/mol. The Morgan fingerprint density at radius 2 is 1.83 bits per heavy atom. The molecule has 0 unspecified atom stereocenters. The van der Waals surface area contributed by atoms with Gasteiger partial charge in [-0.05, 0) is 66.7 Å². The minimum absolute atomic E-state index is 0.0976. The number of nitrogens with zero attached hydrogens (tertiary/aromatic N) is 2. The zero-order valence-electron chi connectivity index (χ0n) is 12.9. The number of likely N-dealkylation sites (N-methyl/N-ethyl adjacent to an activating group) is 1. The number of benzene rings is 2. The van der Waals surface area contributed by atoms with Crippen LogP contribution in [0.2, 0.25) is 5.02 Å². The summed E-state index contributed by atoms with van der Waals surface area (Å²) in [5.41, 5.74) is 1.51. The molecule has 0 radical (unpaired) electrons. The molecule has 3 rings (SSSR count). The van der Waals surface area contributed by atoms with Crippen LogP contribution in [0.1, 0.15) is 12.5 Å². The van der Waals surface area contributed by atoms with Crippen LogP contribution in [-0.4, -0.2) is 22.5 Å². The number of amidine groups is 1. The second-order valence-electron chi connectivity index (χ2n) is 5.08. The SMILES string of the molecule is CCN1C(=O)/C(=C\c2ccc(F)cc2)SC1=Nc1ccc(Cl)cc1. The Balaban J connectivity index is 1.91. The van der Waals surface area contributed by atoms with Gasteiger partial charge < -0.3 is 0 Å². The van der Waals surface area contributed by atoms with E-state index < -0.39 is 0 Å². The van der Waals surface area contributed by atoms with E-state index in [1.165, 1.54) is 23.9 Å². The fourth-order valence-electron chi connectivity index (χ4n) is 2.21. The molecule has 0 saturated carbocycles. The second kappa shape index (κ2) is 7.20. The third-order valence-electron chi connectivity index (χ3n) is 3.42. The fraction of sp³-hybridized carbons (Fsp3) is 0.111. The van der Waals surface area contributed by atoms with Crippen LogP contribution >= 0.6 is 23.4 Å². The minimum Gasteiger partial charge on any atom is -0.287 e. The molecule has 1 amide bonds. The summed E-state index contributed by atoms with van der Waals surface area (Å²) in [4.78, 5) is 19.2. The maximum atomic E-state index is 13.0. The van der Waals surface area contributed by atoms with E-state index in [4.69, 9.17) is 11.6 Å². The quantitative estimate of drug-likeness (QED) is 0.713. The first-order valence-corrected chi connectivity index (χ1v) is 8.57. The highest BCUT2D eigenvalue weighted by atomic mass is 35.5. The van der Waals surface area contributed by atoms with E-state index in [1.54, 1.807) is 47.4 Å². The Hall–Kier alpha value is -2.11. The summed E-state index contributed by atoms with van der Waals surface area (Å²) < 4.78 is 13.0. The van der Waals surface area contributed by atoms with Crippen LogP contribution in [0.5, 0.6) is 0 Å². The largest absolute Gasteiger partial charge is 0.287 e. The van der Waals surface area contributed by atoms with Gasteiger partial charge in [-0.25, -0.2) is 9.38 Å². The summed E-state index contributed by atoms with van der Waals surface area (Å²) in [6.45, 7) is 2.43. The molecule has 24 heavy (non-hydrogen) atoms. The van der Waals surface area contributed by atoms with E-state index in [9.17, 15) is 9.18 Å². The maximum Gasteiger partial charge on any atom is 0.266 e. The van der Waals surface area contributed by atoms with E-state index in [1.807, 2.05) is 6.92 Å². The number of amides is 1. The molecule has 1 aliphatic rings. The molecule has 122 valence electrons. The van der Waals surface area contributed by atoms with Gasteiger partial charge in [-0.1, -0.05) is 23.7 Å². The molecule has 0 aromatic heterocycles. The topological polar surface area (TPSA) is 32.7 Å². The molecule has 2 aromatic carbocycles. The lowest BCUT2D eigenvalue weighted by Gasteiger charge is -2.11. The number of carbonyl (C=O) groups is 1. The lowest BCUT2D eigenvalue weighted by Crippen LogP contribution is -2.28. The van der Waals surface area contributed by atoms with Crippen LogP contribution in [0.25, 0.3) is 6.08 Å². The second-order valence-corrected chi connectivity index (χ2v) is 6.53. The van der Waals surface area contributed by atoms with E-state index in [0.717, 1.165) is 11.3 Å². The molecule has 3 nitrogen and oxygen atoms in total. The zero-order chi connectivity index (χ0) is 17.1. The molecule has 1 aliphatic heterocycles. The van der Waals surface area contributed by atoms with Gasteiger partial charge >= 0.3 is 0 Å². The first kappa shape index (κ1) is 16.7. The van der Waals surface area contributed by atoms with Crippen molar-refractivity contribution in [3.8, 4) is 0 Å². The van der Waals surface area contributed by atoms with Crippen LogP contribution in [0.15, 0.2) is 58.4 Å². The number of rotatable bonds is 3. The van der Waals surface area contributed by atoms with Crippen LogP contribution < -0.4 is 0 Å². The summed E-state index contributed by atoms with van der Waals surface area (Å²) in [6.07, 6.45) is 1.75. The summed E-state index contributed by atoms with van der Waals surface area (Å²) >= 11 is 7.19. The van der Waals surface area contributed by atoms with E-state index in [0.29, 0.717) is 21.6 Å². The molecule has 2 aromatic rings. The van der Waals surface area contributed by atoms with Gasteiger partial charge in [0.05, 0.1) is 10.6 Å². The van der Waals surface area contributed by atoms with Crippen molar-refractivity contribution in [1.82, 2.24) is 4.90 Å². The van der Waals surface area contributed by atoms with Crippen molar-refractivity contribution in [1.29, 1.82) is 0 Å². The maximum absolute atomic E-state index is 13.0. The molecule has 1 fully saturated rings. The number of halogens is 2. The van der Waals surface area contributed by atoms with Crippen LogP contribution in [0.4, 0.5) is 10.1 Å². The van der Waals surface area contributed by atoms with Crippen molar-refractivity contribution < 1.29 is 9.18 Å². The highest BCUT2D eigenvalue weighted by molar-refractivity contribution is 8.18. The van der Waals surface area contributed by atoms with E-state index in [-0.39, 0.29) is 11.7 Å². The molecule has 0 spiro atoms. The third-order valence-corrected chi connectivity index (χ3v) is 4.68. The van der Waals surface area contributed by atoms with Crippen molar-refractivity contribution in [3.63, 3.8) is 0 Å². The molecule has 6 heteroatoms. The van der Waals surface area contributed by atoms with E-state index in [2.05, 4.69) is 4.99 Å². The summed E-state index contributed by atoms with van der Waals surface area (Å²) in [5.74, 6) is -0.401. The van der Waals surface area contributed by atoms with Crippen LogP contribution in [0, 0.1) is 5.82 Å². The van der Waals surface area contributed by atoms with Gasteiger partial charge in [0.2, 0.25) is 0 Å². The van der Waals surface area contributed by atoms with Crippen molar-refractivity contribution in [2.24, 2.45) is 4.99 Å². The minimum atomic E-state index is -0.303. The normalized spacial score (nSPS) is 18.0. The highest BCUT2D eigenvalue weighted by Gasteiger charge is 2.32. The molecule has 1 saturated heterocycles. The summed E-state index contributed by atoms with van der Waals surface area (Å²) in [6, 6.07) is 13.1. The average Bonchev–Trinajstić information content (AvgIpc) is 2.86. The Kier molecular flexibility index (Phi) is 5.02. The number of aliphatic imine (C=N–C) groups is 1. The summed E-state index contributed by atoms with van der Waals surface area (Å²) in [7, 11) is 0. The molecular formula is C18H14ClFN2OS. The lowest BCUT2D eigenvalue weighted by molar-refractivity contribution is -0.122. The Morgan fingerprint density at radius 1 is 1.17 bits per heavy atom. The van der Waals surface area contributed by atoms with Gasteiger partial charge in [-0.2, -0.15) is 0 Å². The first-order chi connectivity index (χ1) is 11.6. The predicted molar refractivity (Wildman–Crippen MR) is 97.9 cm³/mol. The molecule has 0 atom stereocenters. The standard InChI is InChI=1S/C18H14ClFN2OS/c1-2-22-17(23)16(11-12-3-7-14(20)8-4-12)24-18(22)21-15-9-5-13(19)6-10-15/h3-11H,2H2,1H3/b16-11+,21-18?. The number of hydrogen-bond donors (Lipinski definition) is 0. The monoisotopic (exact) mass is 360 g/mol. The van der Waals surface area contributed by atoms with Gasteiger partial charge in [-0.15, -0.1) is 0 Å². The third kappa shape index (κ3) is 3.68. The zero-order valence-corrected chi connectivity index (χ0v) is 14.4. The van der Waals surface area contributed by atoms with Crippen molar-refractivity contribution in [2.45, 2.75) is 6.92 Å². The molecule has 0 N–H and O–H groups in total. The van der Waals surface area contributed by atoms with Gasteiger partial charge in [0, 0.05) is 11.6 Å². The van der Waals surface area contributed by atoms with Gasteiger partial charge in [0.1, 0.15) is 5.82 Å². The Bertz CT molecular complexity index is 816. The van der Waals surface area contributed by atoms with Crippen molar-refractivity contribution in [2.75, 3.05) is 6.54 Å². The predicted octanol–water partition coefficient (Wildman–Crippen LogP) is 5.10. The number of hydrogen-bond acceptors (Lipinski definition) is 3. The molecule has 0 bridgehead atoms. The van der Waals surface area contributed by atoms with E-state index >= 15 is 0 Å². The lowest BCUT2D eigenvalue weighted by atomic mass is 10.2. The van der Waals surface area contributed by atoms with Crippen molar-refractivity contribution in [3.05, 3.63) is 69.8 Å². The van der Waals surface area contributed by atoms with Gasteiger partial charge in [-0.3, -0.25) is 9.69 Å². The van der Waals surface area contributed by atoms with Crippen LogP contribution in [-0.2, 0) is 4.79 Å². The highest BCUT2D eigenvalue weighted by Crippen LogP contribution is 2.34. The van der Waals surface area contributed by atoms with Gasteiger partial charge in [0.25, 0.3) is 5.91 Å². The van der Waals surface area contributed by atoms with Crippen molar-refractivity contribution >= 4 is 46.2 Å². The smallest absolute Gasteiger partial charge is 0.266 e. The van der Waals surface area contributed by atoms with Crippen LogP contribution in [0.3, 0.4) is 0 Å². The Morgan fingerprint density at radius 3 is 2.46 bits per heavy atom. The number of carbonyl (C=O) groups excluding carboxylic acids is 1. The number of thioether (sulfide) groups is 1. The molecule has 1 heterocycles.